The average Bonchev–Trinajstić information content (AvgIpc) is 2.84. The molecular weight excluding hydrogens is 296 g/mol. The number of benzene rings is 1. The first-order valence-corrected chi connectivity index (χ1v) is 8.46. The molecule has 2 heterocycles. The lowest BCUT2D eigenvalue weighted by atomic mass is 10.2. The van der Waals surface area contributed by atoms with Gasteiger partial charge in [0, 0.05) is 17.5 Å². The van der Waals surface area contributed by atoms with Gasteiger partial charge in [-0.3, -0.25) is 9.48 Å². The van der Waals surface area contributed by atoms with E-state index >= 15 is 0 Å². The van der Waals surface area contributed by atoms with E-state index in [1.807, 2.05) is 30.5 Å². The van der Waals surface area contributed by atoms with E-state index in [1.165, 1.54) is 4.90 Å². The summed E-state index contributed by atoms with van der Waals surface area (Å²) < 4.78 is 1.62. The number of thioether (sulfide) groups is 1. The van der Waals surface area contributed by atoms with Crippen LogP contribution in [0.1, 0.15) is 19.0 Å². The standard InChI is InChI=1S/C16H18N4OS/c1-4-5-12-13-14(20(2)19-12)16(21)18-15(17-13)10-6-8-11(22-3)9-7-10/h6-9H,4-5H2,1-3H3,(H,17,18,21). The zero-order valence-electron chi connectivity index (χ0n) is 12.9. The third-order valence-electron chi connectivity index (χ3n) is 3.61. The summed E-state index contributed by atoms with van der Waals surface area (Å²) in [5, 5.41) is 4.43. The van der Waals surface area contributed by atoms with Gasteiger partial charge in [-0.15, -0.1) is 11.8 Å². The number of H-pyrrole nitrogens is 1. The number of nitrogens with zero attached hydrogens (tertiary/aromatic N) is 3. The van der Waals surface area contributed by atoms with Crippen LogP contribution in [0.25, 0.3) is 22.4 Å². The van der Waals surface area contributed by atoms with Crippen molar-refractivity contribution in [1.29, 1.82) is 0 Å². The Morgan fingerprint density at radius 2 is 2.00 bits per heavy atom. The number of fused-ring (bicyclic) bond motifs is 1. The minimum Gasteiger partial charge on any atom is -0.305 e. The molecule has 2 aromatic heterocycles. The summed E-state index contributed by atoms with van der Waals surface area (Å²) in [7, 11) is 1.78. The lowest BCUT2D eigenvalue weighted by Gasteiger charge is -2.03. The van der Waals surface area contributed by atoms with Crippen molar-refractivity contribution in [1.82, 2.24) is 19.7 Å². The molecule has 0 aliphatic heterocycles. The van der Waals surface area contributed by atoms with E-state index in [0.717, 1.165) is 24.1 Å². The number of hydrogen-bond donors (Lipinski definition) is 1. The molecule has 1 aromatic carbocycles. The second-order valence-electron chi connectivity index (χ2n) is 5.16. The Morgan fingerprint density at radius 3 is 2.64 bits per heavy atom. The van der Waals surface area contributed by atoms with Crippen LogP contribution in [-0.4, -0.2) is 26.0 Å². The second-order valence-corrected chi connectivity index (χ2v) is 6.04. The van der Waals surface area contributed by atoms with Crippen molar-refractivity contribution in [2.75, 3.05) is 6.26 Å². The molecule has 5 nitrogen and oxygen atoms in total. The Morgan fingerprint density at radius 1 is 1.27 bits per heavy atom. The number of aryl methyl sites for hydroxylation is 2. The number of aromatic amines is 1. The van der Waals surface area contributed by atoms with Crippen LogP contribution in [0.4, 0.5) is 0 Å². The molecule has 3 rings (SSSR count). The fourth-order valence-electron chi connectivity index (χ4n) is 2.54. The molecular formula is C16H18N4OS. The molecule has 0 saturated carbocycles. The van der Waals surface area contributed by atoms with E-state index in [4.69, 9.17) is 0 Å². The molecule has 0 radical (unpaired) electrons. The van der Waals surface area contributed by atoms with Crippen LogP contribution in [0.3, 0.4) is 0 Å². The van der Waals surface area contributed by atoms with Gasteiger partial charge in [-0.25, -0.2) is 4.98 Å². The predicted octanol–water partition coefficient (Wildman–Crippen LogP) is 3.00. The number of aromatic nitrogens is 4. The van der Waals surface area contributed by atoms with E-state index in [-0.39, 0.29) is 5.56 Å². The van der Waals surface area contributed by atoms with Gasteiger partial charge < -0.3 is 4.98 Å². The molecule has 0 aliphatic rings. The van der Waals surface area contributed by atoms with Gasteiger partial charge in [-0.2, -0.15) is 5.10 Å². The van der Waals surface area contributed by atoms with Crippen molar-refractivity contribution in [3.8, 4) is 11.4 Å². The summed E-state index contributed by atoms with van der Waals surface area (Å²) in [6.07, 6.45) is 3.82. The lowest BCUT2D eigenvalue weighted by molar-refractivity contribution is 0.751. The third-order valence-corrected chi connectivity index (χ3v) is 4.36. The average molecular weight is 314 g/mol. The van der Waals surface area contributed by atoms with E-state index in [0.29, 0.717) is 16.9 Å². The van der Waals surface area contributed by atoms with Gasteiger partial charge >= 0.3 is 0 Å². The summed E-state index contributed by atoms with van der Waals surface area (Å²) in [5.41, 5.74) is 2.88. The van der Waals surface area contributed by atoms with Crippen LogP contribution < -0.4 is 5.56 Å². The molecule has 22 heavy (non-hydrogen) atoms. The topological polar surface area (TPSA) is 63.6 Å². The van der Waals surface area contributed by atoms with Crippen LogP contribution in [0.5, 0.6) is 0 Å². The SMILES string of the molecule is CCCc1nn(C)c2c(=O)[nH]c(-c3ccc(SC)cc3)nc12. The monoisotopic (exact) mass is 314 g/mol. The van der Waals surface area contributed by atoms with Crippen molar-refractivity contribution in [2.24, 2.45) is 7.05 Å². The van der Waals surface area contributed by atoms with Crippen molar-refractivity contribution in [2.45, 2.75) is 24.7 Å². The smallest absolute Gasteiger partial charge is 0.277 e. The number of hydrogen-bond acceptors (Lipinski definition) is 4. The van der Waals surface area contributed by atoms with Crippen LogP contribution in [0.15, 0.2) is 34.0 Å². The van der Waals surface area contributed by atoms with Crippen LogP contribution >= 0.6 is 11.8 Å². The fourth-order valence-corrected chi connectivity index (χ4v) is 2.95. The van der Waals surface area contributed by atoms with E-state index < -0.39 is 0 Å². The molecule has 0 amide bonds. The van der Waals surface area contributed by atoms with Gasteiger partial charge in [0.1, 0.15) is 11.3 Å². The first-order valence-electron chi connectivity index (χ1n) is 7.24. The summed E-state index contributed by atoms with van der Waals surface area (Å²) in [4.78, 5) is 21.1. The first kappa shape index (κ1) is 14.8. The highest BCUT2D eigenvalue weighted by molar-refractivity contribution is 7.98. The van der Waals surface area contributed by atoms with E-state index in [9.17, 15) is 4.79 Å². The minimum absolute atomic E-state index is 0.147. The maximum atomic E-state index is 12.4. The maximum absolute atomic E-state index is 12.4. The van der Waals surface area contributed by atoms with Crippen molar-refractivity contribution >= 4 is 22.8 Å². The molecule has 3 aromatic rings. The quantitative estimate of drug-likeness (QED) is 0.752. The highest BCUT2D eigenvalue weighted by Crippen LogP contribution is 2.22. The molecule has 0 saturated heterocycles. The Kier molecular flexibility index (Phi) is 4.02. The zero-order chi connectivity index (χ0) is 15.7. The van der Waals surface area contributed by atoms with Crippen LogP contribution in [0, 0.1) is 0 Å². The third kappa shape index (κ3) is 2.54. The Bertz CT molecular complexity index is 864. The van der Waals surface area contributed by atoms with Crippen LogP contribution in [0.2, 0.25) is 0 Å². The van der Waals surface area contributed by atoms with Gasteiger partial charge in [0.25, 0.3) is 5.56 Å². The van der Waals surface area contributed by atoms with Gasteiger partial charge in [-0.1, -0.05) is 25.5 Å². The van der Waals surface area contributed by atoms with Crippen molar-refractivity contribution in [3.63, 3.8) is 0 Å². The molecule has 0 unspecified atom stereocenters. The zero-order valence-corrected chi connectivity index (χ0v) is 13.7. The van der Waals surface area contributed by atoms with Gasteiger partial charge in [0.05, 0.1) is 5.69 Å². The maximum Gasteiger partial charge on any atom is 0.277 e. The Labute approximate surface area is 132 Å². The predicted molar refractivity (Wildman–Crippen MR) is 90.3 cm³/mol. The first-order chi connectivity index (χ1) is 10.6. The van der Waals surface area contributed by atoms with Gasteiger partial charge in [0.15, 0.2) is 5.52 Å². The molecule has 0 aliphatic carbocycles. The molecule has 6 heteroatoms. The molecule has 0 fully saturated rings. The summed E-state index contributed by atoms with van der Waals surface area (Å²) in [6, 6.07) is 8.01. The fraction of sp³-hybridized carbons (Fsp3) is 0.312. The summed E-state index contributed by atoms with van der Waals surface area (Å²) in [6.45, 7) is 2.09. The number of nitrogens with one attached hydrogen (secondary N) is 1. The lowest BCUT2D eigenvalue weighted by Crippen LogP contribution is -2.12. The Hall–Kier alpha value is -2.08. The minimum atomic E-state index is -0.147. The molecule has 1 N–H and O–H groups in total. The van der Waals surface area contributed by atoms with E-state index in [1.54, 1.807) is 23.5 Å². The molecule has 114 valence electrons. The molecule has 0 atom stereocenters. The summed E-state index contributed by atoms with van der Waals surface area (Å²) in [5.74, 6) is 0.593. The van der Waals surface area contributed by atoms with E-state index in [2.05, 4.69) is 22.0 Å². The van der Waals surface area contributed by atoms with Crippen molar-refractivity contribution in [3.05, 3.63) is 40.3 Å². The molecule has 0 bridgehead atoms. The Balaban J connectivity index is 2.18. The van der Waals surface area contributed by atoms with Gasteiger partial charge in [0.2, 0.25) is 0 Å². The van der Waals surface area contributed by atoms with Crippen molar-refractivity contribution < 1.29 is 0 Å². The normalized spacial score (nSPS) is 11.2. The highest BCUT2D eigenvalue weighted by Gasteiger charge is 2.15. The van der Waals surface area contributed by atoms with Crippen LogP contribution in [-0.2, 0) is 13.5 Å². The second kappa shape index (κ2) is 5.96. The number of rotatable bonds is 4. The van der Waals surface area contributed by atoms with Gasteiger partial charge in [-0.05, 0) is 24.8 Å². The summed E-state index contributed by atoms with van der Waals surface area (Å²) >= 11 is 1.69. The largest absolute Gasteiger partial charge is 0.305 e. The highest BCUT2D eigenvalue weighted by atomic mass is 32.2. The molecule has 0 spiro atoms.